The molecule has 1 aromatic rings. The van der Waals surface area contributed by atoms with Crippen molar-refractivity contribution in [2.75, 3.05) is 46.3 Å². The Hall–Kier alpha value is -2.22. The second kappa shape index (κ2) is 6.93. The summed E-state index contributed by atoms with van der Waals surface area (Å²) in [5, 5.41) is 0. The topological polar surface area (TPSA) is 78.8 Å². The lowest BCUT2D eigenvalue weighted by molar-refractivity contribution is -0.131. The molecule has 8 heteroatoms. The van der Waals surface area contributed by atoms with Gasteiger partial charge in [0.15, 0.2) is 0 Å². The molecule has 4 aliphatic rings. The average molecular weight is 399 g/mol. The smallest absolute Gasteiger partial charge is 0.285 e. The quantitative estimate of drug-likeness (QED) is 0.715. The van der Waals surface area contributed by atoms with Crippen LogP contribution in [0.4, 0.5) is 0 Å². The Morgan fingerprint density at radius 2 is 1.83 bits per heavy atom. The molecule has 5 rings (SSSR count). The molecule has 1 aliphatic carbocycles. The number of carbonyl (C=O) groups excluding carboxylic acids is 2. The fourth-order valence-corrected chi connectivity index (χ4v) is 5.14. The fourth-order valence-electron chi connectivity index (χ4n) is 5.14. The van der Waals surface area contributed by atoms with Crippen LogP contribution in [-0.4, -0.2) is 82.4 Å². The highest BCUT2D eigenvalue weighted by molar-refractivity contribution is 5.93. The summed E-state index contributed by atoms with van der Waals surface area (Å²) in [5.41, 5.74) is -0.470. The van der Waals surface area contributed by atoms with E-state index >= 15 is 0 Å². The Morgan fingerprint density at radius 1 is 1.03 bits per heavy atom. The third-order valence-corrected chi connectivity index (χ3v) is 7.13. The van der Waals surface area contributed by atoms with Crippen LogP contribution in [0.25, 0.3) is 0 Å². The molecule has 0 aromatic carbocycles. The molecule has 0 unspecified atom stereocenters. The highest BCUT2D eigenvalue weighted by Gasteiger charge is 2.49. The minimum atomic E-state index is -0.424. The van der Waals surface area contributed by atoms with E-state index in [9.17, 15) is 14.4 Å². The zero-order valence-electron chi connectivity index (χ0n) is 17.1. The van der Waals surface area contributed by atoms with Crippen LogP contribution in [0.3, 0.4) is 0 Å². The Bertz CT molecular complexity index is 908. The van der Waals surface area contributed by atoms with E-state index in [1.165, 1.54) is 0 Å². The van der Waals surface area contributed by atoms with Crippen LogP contribution in [0.15, 0.2) is 11.0 Å². The maximum Gasteiger partial charge on any atom is 0.285 e. The molecule has 1 aromatic heterocycles. The van der Waals surface area contributed by atoms with E-state index in [2.05, 4.69) is 16.9 Å². The van der Waals surface area contributed by atoms with Crippen LogP contribution in [0.5, 0.6) is 0 Å². The number of likely N-dealkylation sites (N-methyl/N-ethyl adjacent to an activating group) is 1. The maximum atomic E-state index is 13.0. The lowest BCUT2D eigenvalue weighted by atomic mass is 9.85. The molecular formula is C21H29N5O3. The number of nitrogens with zero attached hydrogens (tertiary/aromatic N) is 5. The van der Waals surface area contributed by atoms with Crippen molar-refractivity contribution < 1.29 is 9.59 Å². The molecule has 1 atom stereocenters. The van der Waals surface area contributed by atoms with Gasteiger partial charge in [-0.15, -0.1) is 0 Å². The number of fused-ring (bicyclic) bond motifs is 2. The number of likely N-dealkylation sites (tertiary alicyclic amines) is 1. The summed E-state index contributed by atoms with van der Waals surface area (Å²) in [6.45, 7) is 5.24. The van der Waals surface area contributed by atoms with Crippen LogP contribution in [-0.2, 0) is 16.8 Å². The van der Waals surface area contributed by atoms with Crippen LogP contribution >= 0.6 is 0 Å². The van der Waals surface area contributed by atoms with Crippen molar-refractivity contribution in [3.8, 4) is 0 Å². The van der Waals surface area contributed by atoms with E-state index < -0.39 is 5.56 Å². The summed E-state index contributed by atoms with van der Waals surface area (Å²) < 4.78 is 1.99. The molecular weight excluding hydrogens is 370 g/mol. The first kappa shape index (κ1) is 18.8. The van der Waals surface area contributed by atoms with Gasteiger partial charge in [0.25, 0.3) is 11.5 Å². The van der Waals surface area contributed by atoms with Gasteiger partial charge in [0.05, 0.1) is 0 Å². The molecule has 2 amide bonds. The summed E-state index contributed by atoms with van der Waals surface area (Å²) >= 11 is 0. The van der Waals surface area contributed by atoms with Gasteiger partial charge >= 0.3 is 0 Å². The van der Waals surface area contributed by atoms with Gasteiger partial charge in [-0.2, -0.15) is 4.98 Å². The molecule has 1 saturated carbocycles. The number of amides is 2. The predicted octanol–water partition coefficient (Wildman–Crippen LogP) is 0.305. The number of aromatic nitrogens is 2. The molecule has 8 nitrogen and oxygen atoms in total. The summed E-state index contributed by atoms with van der Waals surface area (Å²) in [4.78, 5) is 48.7. The number of carbonyl (C=O) groups is 2. The van der Waals surface area contributed by atoms with Gasteiger partial charge in [-0.25, -0.2) is 0 Å². The van der Waals surface area contributed by atoms with Crippen molar-refractivity contribution in [3.05, 3.63) is 27.9 Å². The van der Waals surface area contributed by atoms with Crippen molar-refractivity contribution in [3.63, 3.8) is 0 Å². The van der Waals surface area contributed by atoms with Crippen molar-refractivity contribution in [2.24, 2.45) is 5.92 Å². The van der Waals surface area contributed by atoms with Gasteiger partial charge in [0, 0.05) is 56.8 Å². The normalized spacial score (nSPS) is 27.3. The zero-order valence-corrected chi connectivity index (χ0v) is 17.1. The van der Waals surface area contributed by atoms with Gasteiger partial charge in [-0.05, 0) is 45.7 Å². The molecule has 156 valence electrons. The van der Waals surface area contributed by atoms with Crippen LogP contribution in [0.2, 0.25) is 0 Å². The maximum absolute atomic E-state index is 13.0. The largest absolute Gasteiger partial charge is 0.341 e. The summed E-state index contributed by atoms with van der Waals surface area (Å²) in [6, 6.07) is 0. The molecule has 0 radical (unpaired) electrons. The van der Waals surface area contributed by atoms with Crippen LogP contribution < -0.4 is 5.56 Å². The minimum absolute atomic E-state index is 0.180. The third kappa shape index (κ3) is 3.27. The Labute approximate surface area is 170 Å². The second-order valence-electron chi connectivity index (χ2n) is 9.24. The molecule has 3 aliphatic heterocycles. The molecule has 29 heavy (non-hydrogen) atoms. The van der Waals surface area contributed by atoms with Gasteiger partial charge < -0.3 is 19.3 Å². The minimum Gasteiger partial charge on any atom is -0.341 e. The Balaban J connectivity index is 1.38. The molecule has 0 bridgehead atoms. The molecule has 4 heterocycles. The van der Waals surface area contributed by atoms with E-state index in [1.54, 1.807) is 11.1 Å². The second-order valence-corrected chi connectivity index (χ2v) is 9.24. The number of rotatable bonds is 2. The van der Waals surface area contributed by atoms with Crippen molar-refractivity contribution >= 4 is 11.8 Å². The SMILES string of the molecule is CN1CCCN(C(=O)c2cn3c(nc2=O)[C@]2(CCN(C(=O)C4CC4)C2)CC3)CC1. The van der Waals surface area contributed by atoms with E-state index in [0.717, 1.165) is 64.1 Å². The first-order valence-corrected chi connectivity index (χ1v) is 10.9. The highest BCUT2D eigenvalue weighted by atomic mass is 16.2. The van der Waals surface area contributed by atoms with Gasteiger partial charge in [-0.1, -0.05) is 0 Å². The van der Waals surface area contributed by atoms with E-state index in [1.807, 2.05) is 9.47 Å². The van der Waals surface area contributed by atoms with Crippen LogP contribution in [0, 0.1) is 5.92 Å². The van der Waals surface area contributed by atoms with Crippen molar-refractivity contribution in [1.82, 2.24) is 24.3 Å². The molecule has 3 fully saturated rings. The Kier molecular flexibility index (Phi) is 4.49. The highest BCUT2D eigenvalue weighted by Crippen LogP contribution is 2.43. The summed E-state index contributed by atoms with van der Waals surface area (Å²) in [7, 11) is 2.05. The number of hydrogen-bond donors (Lipinski definition) is 0. The van der Waals surface area contributed by atoms with Gasteiger partial charge in [0.1, 0.15) is 11.4 Å². The van der Waals surface area contributed by atoms with E-state index in [-0.39, 0.29) is 28.7 Å². The standard InChI is InChI=1S/C21H29N5O3/c1-23-7-2-8-24(12-11-23)19(29)16-13-25-9-5-21(20(25)22-17(16)27)6-10-26(14-21)18(28)15-3-4-15/h13,15H,2-12,14H2,1H3/t21-/m0/s1. The third-order valence-electron chi connectivity index (χ3n) is 7.13. The summed E-state index contributed by atoms with van der Waals surface area (Å²) in [6.07, 6.45) is 6.38. The lowest BCUT2D eigenvalue weighted by Gasteiger charge is -2.24. The van der Waals surface area contributed by atoms with Crippen molar-refractivity contribution in [2.45, 2.75) is 44.1 Å². The summed E-state index contributed by atoms with van der Waals surface area (Å²) in [5.74, 6) is 1.04. The van der Waals surface area contributed by atoms with Gasteiger partial charge in [0.2, 0.25) is 5.91 Å². The number of hydrogen-bond acceptors (Lipinski definition) is 5. The zero-order chi connectivity index (χ0) is 20.2. The van der Waals surface area contributed by atoms with E-state index in [4.69, 9.17) is 0 Å². The number of aryl methyl sites for hydroxylation is 1. The molecule has 0 N–H and O–H groups in total. The fraction of sp³-hybridized carbons (Fsp3) is 0.714. The van der Waals surface area contributed by atoms with E-state index in [0.29, 0.717) is 19.6 Å². The average Bonchev–Trinajstić information content (AvgIpc) is 3.44. The monoisotopic (exact) mass is 399 g/mol. The van der Waals surface area contributed by atoms with Gasteiger partial charge in [-0.3, -0.25) is 14.4 Å². The van der Waals surface area contributed by atoms with Crippen LogP contribution in [0.1, 0.15) is 48.3 Å². The lowest BCUT2D eigenvalue weighted by Crippen LogP contribution is -2.39. The Morgan fingerprint density at radius 3 is 2.62 bits per heavy atom. The predicted molar refractivity (Wildman–Crippen MR) is 107 cm³/mol. The first-order chi connectivity index (χ1) is 14.0. The van der Waals surface area contributed by atoms with Crippen molar-refractivity contribution in [1.29, 1.82) is 0 Å². The first-order valence-electron chi connectivity index (χ1n) is 10.9. The molecule has 1 spiro atoms. The molecule has 2 saturated heterocycles.